The molecule has 158 valence electrons. The maximum absolute atomic E-state index is 11.4. The Morgan fingerprint density at radius 3 is 2.73 bits per heavy atom. The topological polar surface area (TPSA) is 64.2 Å². The minimum atomic E-state index is -0.195. The highest BCUT2D eigenvalue weighted by atomic mass is 16.5. The molecular formula is C25H30N2O3. The van der Waals surface area contributed by atoms with Crippen molar-refractivity contribution < 1.29 is 14.3 Å². The minimum absolute atomic E-state index is 0.195. The standard InChI is InChI=1S/C25H30N2O3/c1-16-12-18(14-26-25(16)19-6-4-5-7-19)15-30-20-8-9-23-21(13-20)17(2)22(27-23)10-11-24(28)29-3/h8-9,12-14,19,27H,4-7,10-11,15H2,1-3H3. The van der Waals surface area contributed by atoms with Gasteiger partial charge in [0.05, 0.1) is 13.5 Å². The fourth-order valence-electron chi connectivity index (χ4n) is 4.55. The van der Waals surface area contributed by atoms with Crippen LogP contribution in [0.3, 0.4) is 0 Å². The van der Waals surface area contributed by atoms with E-state index in [2.05, 4.69) is 31.0 Å². The van der Waals surface area contributed by atoms with Crippen LogP contribution >= 0.6 is 0 Å². The summed E-state index contributed by atoms with van der Waals surface area (Å²) in [5.74, 6) is 1.27. The molecule has 1 aromatic carbocycles. The molecule has 0 radical (unpaired) electrons. The van der Waals surface area contributed by atoms with Crippen molar-refractivity contribution in [2.45, 2.75) is 64.9 Å². The van der Waals surface area contributed by atoms with Crippen LogP contribution in [0.4, 0.5) is 0 Å². The summed E-state index contributed by atoms with van der Waals surface area (Å²) >= 11 is 0. The van der Waals surface area contributed by atoms with Crippen LogP contribution in [-0.4, -0.2) is 23.0 Å². The molecule has 0 amide bonds. The minimum Gasteiger partial charge on any atom is -0.489 e. The van der Waals surface area contributed by atoms with E-state index in [1.54, 1.807) is 0 Å². The number of carbonyl (C=O) groups is 1. The fraction of sp³-hybridized carbons (Fsp3) is 0.440. The summed E-state index contributed by atoms with van der Waals surface area (Å²) in [5, 5.41) is 1.12. The van der Waals surface area contributed by atoms with Crippen LogP contribution < -0.4 is 4.74 Å². The van der Waals surface area contributed by atoms with Gasteiger partial charge in [-0.3, -0.25) is 9.78 Å². The predicted octanol–water partition coefficient (Wildman–Crippen LogP) is 5.52. The molecule has 1 fully saturated rings. The number of fused-ring (bicyclic) bond motifs is 1. The molecular weight excluding hydrogens is 376 g/mol. The molecule has 0 saturated heterocycles. The van der Waals surface area contributed by atoms with Crippen LogP contribution in [0, 0.1) is 13.8 Å². The lowest BCUT2D eigenvalue weighted by Gasteiger charge is -2.13. The molecule has 0 aliphatic heterocycles. The predicted molar refractivity (Wildman–Crippen MR) is 118 cm³/mol. The van der Waals surface area contributed by atoms with E-state index >= 15 is 0 Å². The lowest BCUT2D eigenvalue weighted by atomic mass is 9.98. The quantitative estimate of drug-likeness (QED) is 0.525. The van der Waals surface area contributed by atoms with Gasteiger partial charge >= 0.3 is 5.97 Å². The van der Waals surface area contributed by atoms with E-state index in [0.717, 1.165) is 33.5 Å². The molecule has 0 atom stereocenters. The van der Waals surface area contributed by atoms with Crippen LogP contribution in [0.2, 0.25) is 0 Å². The van der Waals surface area contributed by atoms with Crippen molar-refractivity contribution in [2.75, 3.05) is 7.11 Å². The van der Waals surface area contributed by atoms with Gasteiger partial charge in [-0.15, -0.1) is 0 Å². The summed E-state index contributed by atoms with van der Waals surface area (Å²) < 4.78 is 10.8. The van der Waals surface area contributed by atoms with Crippen LogP contribution in [-0.2, 0) is 22.6 Å². The third-order valence-corrected chi connectivity index (χ3v) is 6.26. The zero-order valence-electron chi connectivity index (χ0n) is 18.1. The van der Waals surface area contributed by atoms with E-state index in [1.807, 2.05) is 18.3 Å². The third-order valence-electron chi connectivity index (χ3n) is 6.26. The smallest absolute Gasteiger partial charge is 0.305 e. The zero-order chi connectivity index (χ0) is 21.1. The molecule has 30 heavy (non-hydrogen) atoms. The number of rotatable bonds is 7. The molecule has 2 heterocycles. The molecule has 1 aliphatic rings. The maximum atomic E-state index is 11.4. The molecule has 3 aromatic rings. The van der Waals surface area contributed by atoms with E-state index < -0.39 is 0 Å². The van der Waals surface area contributed by atoms with E-state index in [1.165, 1.54) is 44.1 Å². The number of hydrogen-bond acceptors (Lipinski definition) is 4. The highest BCUT2D eigenvalue weighted by molar-refractivity contribution is 5.86. The van der Waals surface area contributed by atoms with Gasteiger partial charge in [0.15, 0.2) is 0 Å². The Morgan fingerprint density at radius 1 is 1.20 bits per heavy atom. The Balaban J connectivity index is 1.44. The number of ether oxygens (including phenoxy) is 2. The average Bonchev–Trinajstić information content (AvgIpc) is 3.39. The van der Waals surface area contributed by atoms with Gasteiger partial charge < -0.3 is 14.5 Å². The molecule has 1 N–H and O–H groups in total. The van der Waals surface area contributed by atoms with E-state index in [4.69, 9.17) is 14.5 Å². The van der Waals surface area contributed by atoms with Gasteiger partial charge in [0.2, 0.25) is 0 Å². The molecule has 5 nitrogen and oxygen atoms in total. The second-order valence-electron chi connectivity index (χ2n) is 8.33. The van der Waals surface area contributed by atoms with E-state index in [0.29, 0.717) is 25.4 Å². The largest absolute Gasteiger partial charge is 0.489 e. The van der Waals surface area contributed by atoms with Gasteiger partial charge in [0.1, 0.15) is 12.4 Å². The lowest BCUT2D eigenvalue weighted by Crippen LogP contribution is -2.03. The molecule has 1 aliphatic carbocycles. The first-order valence-electron chi connectivity index (χ1n) is 10.8. The Kier molecular flexibility index (Phi) is 6.07. The van der Waals surface area contributed by atoms with Crippen molar-refractivity contribution in [2.24, 2.45) is 0 Å². The van der Waals surface area contributed by atoms with Crippen LogP contribution in [0.1, 0.15) is 66.1 Å². The molecule has 1 saturated carbocycles. The summed E-state index contributed by atoms with van der Waals surface area (Å²) in [6.45, 7) is 4.74. The Morgan fingerprint density at radius 2 is 2.00 bits per heavy atom. The number of methoxy groups -OCH3 is 1. The first kappa shape index (κ1) is 20.5. The number of aromatic amines is 1. The molecule has 0 unspecified atom stereocenters. The molecule has 4 rings (SSSR count). The van der Waals surface area contributed by atoms with Gasteiger partial charge in [-0.25, -0.2) is 0 Å². The third kappa shape index (κ3) is 4.35. The van der Waals surface area contributed by atoms with Crippen molar-refractivity contribution in [1.29, 1.82) is 0 Å². The second-order valence-corrected chi connectivity index (χ2v) is 8.33. The van der Waals surface area contributed by atoms with Crippen molar-refractivity contribution in [3.8, 4) is 5.75 Å². The van der Waals surface area contributed by atoms with Gasteiger partial charge in [-0.05, 0) is 68.5 Å². The Hall–Kier alpha value is -2.82. The number of nitrogens with zero attached hydrogens (tertiary/aromatic N) is 1. The number of aryl methyl sites for hydroxylation is 3. The van der Waals surface area contributed by atoms with Crippen molar-refractivity contribution >= 4 is 16.9 Å². The van der Waals surface area contributed by atoms with Crippen LogP contribution in [0.15, 0.2) is 30.5 Å². The maximum Gasteiger partial charge on any atom is 0.305 e. The number of hydrogen-bond donors (Lipinski definition) is 1. The molecule has 2 aromatic heterocycles. The summed E-state index contributed by atoms with van der Waals surface area (Å²) in [7, 11) is 1.42. The highest BCUT2D eigenvalue weighted by Crippen LogP contribution is 2.34. The van der Waals surface area contributed by atoms with Crippen LogP contribution in [0.25, 0.3) is 10.9 Å². The second kappa shape index (κ2) is 8.90. The number of esters is 1. The number of nitrogens with one attached hydrogen (secondary N) is 1. The summed E-state index contributed by atoms with van der Waals surface area (Å²) in [6.07, 6.45) is 8.15. The lowest BCUT2D eigenvalue weighted by molar-refractivity contribution is -0.140. The van der Waals surface area contributed by atoms with Crippen molar-refractivity contribution in [1.82, 2.24) is 9.97 Å². The monoisotopic (exact) mass is 406 g/mol. The summed E-state index contributed by atoms with van der Waals surface area (Å²) in [4.78, 5) is 19.6. The van der Waals surface area contributed by atoms with Gasteiger partial charge in [-0.1, -0.05) is 12.8 Å². The normalized spacial score (nSPS) is 14.4. The van der Waals surface area contributed by atoms with E-state index in [-0.39, 0.29) is 5.97 Å². The highest BCUT2D eigenvalue weighted by Gasteiger charge is 2.20. The number of aromatic nitrogens is 2. The number of carbonyl (C=O) groups excluding carboxylic acids is 1. The molecule has 5 heteroatoms. The van der Waals surface area contributed by atoms with Gasteiger partial charge in [0.25, 0.3) is 0 Å². The van der Waals surface area contributed by atoms with Gasteiger partial charge in [0, 0.05) is 40.0 Å². The zero-order valence-corrected chi connectivity index (χ0v) is 18.1. The fourth-order valence-corrected chi connectivity index (χ4v) is 4.55. The Labute approximate surface area is 177 Å². The average molecular weight is 407 g/mol. The van der Waals surface area contributed by atoms with Crippen molar-refractivity contribution in [3.05, 3.63) is 58.5 Å². The number of benzene rings is 1. The molecule has 0 spiro atoms. The Bertz CT molecular complexity index is 1050. The molecule has 0 bridgehead atoms. The SMILES string of the molecule is COC(=O)CCc1[nH]c2ccc(OCc3cnc(C4CCCC4)c(C)c3)cc2c1C. The first-order chi connectivity index (χ1) is 14.5. The van der Waals surface area contributed by atoms with Gasteiger partial charge in [-0.2, -0.15) is 0 Å². The van der Waals surface area contributed by atoms with E-state index in [9.17, 15) is 4.79 Å². The summed E-state index contributed by atoms with van der Waals surface area (Å²) in [5.41, 5.74) is 6.90. The van der Waals surface area contributed by atoms with Crippen LogP contribution in [0.5, 0.6) is 5.75 Å². The summed E-state index contributed by atoms with van der Waals surface area (Å²) in [6, 6.07) is 8.29. The van der Waals surface area contributed by atoms with Crippen molar-refractivity contribution in [3.63, 3.8) is 0 Å². The number of H-pyrrole nitrogens is 1. The number of pyridine rings is 1. The first-order valence-corrected chi connectivity index (χ1v) is 10.8.